The van der Waals surface area contributed by atoms with Gasteiger partial charge < -0.3 is 10.1 Å². The van der Waals surface area contributed by atoms with Crippen LogP contribution in [0.15, 0.2) is 12.1 Å². The van der Waals surface area contributed by atoms with Crippen LogP contribution in [0.2, 0.25) is 0 Å². The van der Waals surface area contributed by atoms with Gasteiger partial charge in [0.25, 0.3) is 5.91 Å². The summed E-state index contributed by atoms with van der Waals surface area (Å²) in [5.41, 5.74) is 0.444. The van der Waals surface area contributed by atoms with Gasteiger partial charge in [-0.1, -0.05) is 12.8 Å². The number of halogens is 2. The molecule has 10 heteroatoms. The standard InChI is InChI=1S/C22H24F2N4O3S/c1-12-18(19(29)25-15-4-7-22(15)5-2-3-6-22)27-21(32-12)28(20(30)13-10-31-11-13)14-8-16(23)26-17(24)9-14/h8-9,13,15H,2-7,10-11H2,1H3,(H,25,29)/t15-/m1/s1. The van der Waals surface area contributed by atoms with E-state index in [1.54, 1.807) is 6.92 Å². The molecule has 1 spiro atoms. The third-order valence-corrected chi connectivity index (χ3v) is 7.94. The number of hydrogen-bond donors (Lipinski definition) is 1. The van der Waals surface area contributed by atoms with Gasteiger partial charge >= 0.3 is 0 Å². The Morgan fingerprint density at radius 3 is 2.41 bits per heavy atom. The molecule has 7 nitrogen and oxygen atoms in total. The van der Waals surface area contributed by atoms with Crippen LogP contribution in [0.1, 0.15) is 53.9 Å². The zero-order valence-electron chi connectivity index (χ0n) is 17.7. The van der Waals surface area contributed by atoms with Gasteiger partial charge in [-0.2, -0.15) is 13.8 Å². The molecule has 2 saturated carbocycles. The summed E-state index contributed by atoms with van der Waals surface area (Å²) in [6.07, 6.45) is 6.79. The minimum Gasteiger partial charge on any atom is -0.380 e. The number of carbonyl (C=O) groups excluding carboxylic acids is 2. The highest BCUT2D eigenvalue weighted by molar-refractivity contribution is 7.16. The van der Waals surface area contributed by atoms with E-state index in [1.807, 2.05) is 0 Å². The van der Waals surface area contributed by atoms with Crippen LogP contribution >= 0.6 is 11.3 Å². The van der Waals surface area contributed by atoms with E-state index in [0.717, 1.165) is 54.1 Å². The van der Waals surface area contributed by atoms with Crippen LogP contribution in [0.25, 0.3) is 0 Å². The van der Waals surface area contributed by atoms with Gasteiger partial charge in [-0.3, -0.25) is 14.5 Å². The molecule has 2 aromatic heterocycles. The summed E-state index contributed by atoms with van der Waals surface area (Å²) < 4.78 is 32.7. The number of nitrogens with one attached hydrogen (secondary N) is 1. The number of amides is 2. The van der Waals surface area contributed by atoms with Crippen LogP contribution in [-0.2, 0) is 9.53 Å². The molecule has 170 valence electrons. The van der Waals surface area contributed by atoms with Gasteiger partial charge in [0.2, 0.25) is 17.8 Å². The van der Waals surface area contributed by atoms with E-state index in [1.165, 1.54) is 12.8 Å². The smallest absolute Gasteiger partial charge is 0.271 e. The average Bonchev–Trinajstić information content (AvgIpc) is 3.32. The quantitative estimate of drug-likeness (QED) is 0.682. The lowest BCUT2D eigenvalue weighted by Gasteiger charge is -2.47. The summed E-state index contributed by atoms with van der Waals surface area (Å²) >= 11 is 1.14. The van der Waals surface area contributed by atoms with Crippen molar-refractivity contribution in [1.29, 1.82) is 0 Å². The van der Waals surface area contributed by atoms with Crippen LogP contribution in [0, 0.1) is 30.2 Å². The summed E-state index contributed by atoms with van der Waals surface area (Å²) in [5.74, 6) is -3.17. The summed E-state index contributed by atoms with van der Waals surface area (Å²) in [4.78, 5) is 35.5. The molecule has 3 heterocycles. The normalized spacial score (nSPS) is 21.8. The fourth-order valence-electron chi connectivity index (χ4n) is 4.99. The number of aromatic nitrogens is 2. The number of ether oxygens (including phenoxy) is 1. The van der Waals surface area contributed by atoms with Gasteiger partial charge in [-0.05, 0) is 38.0 Å². The monoisotopic (exact) mass is 462 g/mol. The van der Waals surface area contributed by atoms with E-state index in [4.69, 9.17) is 4.74 Å². The maximum absolute atomic E-state index is 13.8. The zero-order chi connectivity index (χ0) is 22.5. The minimum absolute atomic E-state index is 0.0171. The van der Waals surface area contributed by atoms with Crippen molar-refractivity contribution in [3.8, 4) is 0 Å². The molecule has 5 rings (SSSR count). The Morgan fingerprint density at radius 2 is 1.84 bits per heavy atom. The van der Waals surface area contributed by atoms with Gasteiger partial charge in [-0.15, -0.1) is 11.3 Å². The van der Waals surface area contributed by atoms with Crippen molar-refractivity contribution in [3.05, 3.63) is 34.6 Å². The Hall–Kier alpha value is -2.46. The van der Waals surface area contributed by atoms with Crippen LogP contribution < -0.4 is 10.2 Å². The SMILES string of the molecule is Cc1sc(N(C(=O)C2COC2)c2cc(F)nc(F)c2)nc1C(=O)N[C@@H]1CCC12CCCC2. The molecule has 32 heavy (non-hydrogen) atoms. The van der Waals surface area contributed by atoms with Crippen molar-refractivity contribution in [2.45, 2.75) is 51.5 Å². The molecule has 0 unspecified atom stereocenters. The molecule has 2 aromatic rings. The van der Waals surface area contributed by atoms with Crippen molar-refractivity contribution in [1.82, 2.24) is 15.3 Å². The number of nitrogens with zero attached hydrogens (tertiary/aromatic N) is 3. The van der Waals surface area contributed by atoms with E-state index < -0.39 is 17.8 Å². The molecule has 1 aliphatic heterocycles. The topological polar surface area (TPSA) is 84.4 Å². The largest absolute Gasteiger partial charge is 0.380 e. The first-order chi connectivity index (χ1) is 15.4. The van der Waals surface area contributed by atoms with Crippen molar-refractivity contribution >= 4 is 34.0 Å². The number of anilines is 2. The molecular weight excluding hydrogens is 438 g/mol. The lowest BCUT2D eigenvalue weighted by atomic mass is 9.63. The molecule has 0 bridgehead atoms. The van der Waals surface area contributed by atoms with Crippen molar-refractivity contribution in [3.63, 3.8) is 0 Å². The first kappa shape index (κ1) is 21.4. The maximum atomic E-state index is 13.8. The molecule has 1 saturated heterocycles. The molecule has 2 aliphatic carbocycles. The second-order valence-corrected chi connectivity index (χ2v) is 10.1. The molecule has 3 aliphatic rings. The summed E-state index contributed by atoms with van der Waals surface area (Å²) in [7, 11) is 0. The van der Waals surface area contributed by atoms with Gasteiger partial charge in [0, 0.05) is 23.1 Å². The van der Waals surface area contributed by atoms with Gasteiger partial charge in [-0.25, -0.2) is 4.98 Å². The molecule has 2 amide bonds. The van der Waals surface area contributed by atoms with E-state index in [0.29, 0.717) is 4.88 Å². The Bertz CT molecular complexity index is 1050. The van der Waals surface area contributed by atoms with Crippen molar-refractivity contribution in [2.24, 2.45) is 11.3 Å². The molecule has 1 N–H and O–H groups in total. The van der Waals surface area contributed by atoms with Crippen LogP contribution in [-0.4, -0.2) is 41.0 Å². The predicted octanol–water partition coefficient (Wildman–Crippen LogP) is 3.89. The molecule has 0 aromatic carbocycles. The van der Waals surface area contributed by atoms with E-state index >= 15 is 0 Å². The number of aryl methyl sites for hydroxylation is 1. The van der Waals surface area contributed by atoms with E-state index in [2.05, 4.69) is 15.3 Å². The first-order valence-corrected chi connectivity index (χ1v) is 11.7. The highest BCUT2D eigenvalue weighted by Crippen LogP contribution is 2.53. The fourth-order valence-corrected chi connectivity index (χ4v) is 5.92. The van der Waals surface area contributed by atoms with Crippen molar-refractivity contribution in [2.75, 3.05) is 18.1 Å². The lowest BCUT2D eigenvalue weighted by molar-refractivity contribution is -0.135. The summed E-state index contributed by atoms with van der Waals surface area (Å²) in [6.45, 7) is 2.21. The van der Waals surface area contributed by atoms with E-state index in [9.17, 15) is 18.4 Å². The Kier molecular flexibility index (Phi) is 5.45. The van der Waals surface area contributed by atoms with Gasteiger partial charge in [0.15, 0.2) is 5.13 Å². The Labute approximate surface area is 188 Å². The second-order valence-electron chi connectivity index (χ2n) is 8.91. The Morgan fingerprint density at radius 1 is 1.16 bits per heavy atom. The number of carbonyl (C=O) groups is 2. The fraction of sp³-hybridized carbons (Fsp3) is 0.545. The maximum Gasteiger partial charge on any atom is 0.271 e. The third-order valence-electron chi connectivity index (χ3n) is 6.98. The first-order valence-electron chi connectivity index (χ1n) is 10.9. The number of rotatable bonds is 5. The predicted molar refractivity (Wildman–Crippen MR) is 114 cm³/mol. The highest BCUT2D eigenvalue weighted by atomic mass is 32.1. The highest BCUT2D eigenvalue weighted by Gasteiger charge is 2.49. The van der Waals surface area contributed by atoms with Gasteiger partial charge in [0.1, 0.15) is 5.69 Å². The number of thiazole rings is 1. The van der Waals surface area contributed by atoms with Crippen LogP contribution in [0.4, 0.5) is 19.6 Å². The molecular formula is C22H24F2N4O3S. The van der Waals surface area contributed by atoms with Crippen molar-refractivity contribution < 1.29 is 23.1 Å². The number of hydrogen-bond acceptors (Lipinski definition) is 6. The molecule has 1 atom stereocenters. The molecule has 3 fully saturated rings. The lowest BCUT2D eigenvalue weighted by Crippen LogP contribution is -2.54. The molecule has 0 radical (unpaired) electrons. The Balaban J connectivity index is 1.43. The minimum atomic E-state index is -1.04. The van der Waals surface area contributed by atoms with Crippen LogP contribution in [0.5, 0.6) is 0 Å². The average molecular weight is 463 g/mol. The summed E-state index contributed by atoms with van der Waals surface area (Å²) in [5, 5.41) is 3.34. The zero-order valence-corrected chi connectivity index (χ0v) is 18.5. The summed E-state index contributed by atoms with van der Waals surface area (Å²) in [6, 6.07) is 2.11. The second kappa shape index (κ2) is 8.15. The number of pyridine rings is 1. The third kappa shape index (κ3) is 3.69. The van der Waals surface area contributed by atoms with Crippen LogP contribution in [0.3, 0.4) is 0 Å². The van der Waals surface area contributed by atoms with Gasteiger partial charge in [0.05, 0.1) is 24.8 Å². The van der Waals surface area contributed by atoms with E-state index in [-0.39, 0.29) is 53.0 Å².